The molecule has 0 saturated carbocycles. The van der Waals surface area contributed by atoms with Gasteiger partial charge in [-0.2, -0.15) is 10.2 Å². The van der Waals surface area contributed by atoms with Gasteiger partial charge in [0.25, 0.3) is 0 Å². The van der Waals surface area contributed by atoms with Gasteiger partial charge in [-0.1, -0.05) is 25.5 Å². The molecule has 2 N–H and O–H groups in total. The Morgan fingerprint density at radius 2 is 1.69 bits per heavy atom. The maximum atomic E-state index is 5.02. The van der Waals surface area contributed by atoms with Crippen LogP contribution < -0.4 is 0 Å². The maximum absolute atomic E-state index is 5.02. The second kappa shape index (κ2) is 6.96. The third-order valence-electron chi connectivity index (χ3n) is 4.55. The van der Waals surface area contributed by atoms with E-state index in [0.717, 1.165) is 51.6 Å². The van der Waals surface area contributed by atoms with Gasteiger partial charge in [-0.3, -0.25) is 10.2 Å². The third kappa shape index (κ3) is 3.04. The van der Waals surface area contributed by atoms with E-state index < -0.39 is 0 Å². The van der Waals surface area contributed by atoms with Crippen LogP contribution in [0.25, 0.3) is 21.8 Å². The summed E-state index contributed by atoms with van der Waals surface area (Å²) in [5.41, 5.74) is 6.35. The van der Waals surface area contributed by atoms with Crippen molar-refractivity contribution < 1.29 is 0 Å². The Morgan fingerprint density at radius 1 is 1.00 bits per heavy atom. The Labute approximate surface area is 151 Å². The van der Waals surface area contributed by atoms with E-state index >= 15 is 0 Å². The Balaban J connectivity index is 1.85. The average molecular weight is 343 g/mol. The van der Waals surface area contributed by atoms with Crippen LogP contribution in [0.15, 0.2) is 65.4 Å². The number of hydrogen-bond acceptors (Lipinski definition) is 3. The number of H-pyrrole nitrogens is 2. The molecule has 0 aliphatic carbocycles. The summed E-state index contributed by atoms with van der Waals surface area (Å²) >= 11 is 0. The van der Waals surface area contributed by atoms with Crippen molar-refractivity contribution in [2.24, 2.45) is 4.99 Å². The molecule has 0 saturated heterocycles. The minimum Gasteiger partial charge on any atom is -0.278 e. The molecule has 130 valence electrons. The van der Waals surface area contributed by atoms with Gasteiger partial charge in [0.05, 0.1) is 34.8 Å². The summed E-state index contributed by atoms with van der Waals surface area (Å²) in [5, 5.41) is 16.4. The minimum atomic E-state index is 0.927. The first-order valence-corrected chi connectivity index (χ1v) is 8.89. The molecular formula is C21H21N5. The van der Waals surface area contributed by atoms with Gasteiger partial charge in [0.15, 0.2) is 0 Å². The van der Waals surface area contributed by atoms with Gasteiger partial charge in [0.1, 0.15) is 0 Å². The molecule has 2 aromatic heterocycles. The molecular weight excluding hydrogens is 322 g/mol. The highest BCUT2D eigenvalue weighted by molar-refractivity contribution is 6.15. The van der Waals surface area contributed by atoms with Gasteiger partial charge in [0.2, 0.25) is 0 Å². The second-order valence-electron chi connectivity index (χ2n) is 6.34. The topological polar surface area (TPSA) is 69.7 Å². The molecule has 0 atom stereocenters. The van der Waals surface area contributed by atoms with Gasteiger partial charge in [-0.25, -0.2) is 4.99 Å². The highest BCUT2D eigenvalue weighted by atomic mass is 15.1. The van der Waals surface area contributed by atoms with Crippen LogP contribution in [0.2, 0.25) is 0 Å². The van der Waals surface area contributed by atoms with Crippen LogP contribution in [0.3, 0.4) is 0 Å². The standard InChI is InChI=1S/C21H21N5/c1-3-5-14(4-2)21(15-6-8-19-16(10-15)12-22-25-19)24-18-7-9-20-17(11-18)13-23-26-20/h4,6-13H,3,5H2,1-2H3,(H,22,25)(H,23,26)/b14-4+,24-21?. The number of allylic oxidation sites excluding steroid dienone is 2. The number of nitrogens with zero attached hydrogens (tertiary/aromatic N) is 3. The molecule has 5 nitrogen and oxygen atoms in total. The first-order chi connectivity index (χ1) is 12.8. The van der Waals surface area contributed by atoms with Gasteiger partial charge in [0, 0.05) is 16.3 Å². The zero-order valence-corrected chi connectivity index (χ0v) is 15.0. The number of aromatic amines is 2. The Hall–Kier alpha value is -3.21. The number of fused-ring (bicyclic) bond motifs is 2. The van der Waals surface area contributed by atoms with Crippen LogP contribution in [0.1, 0.15) is 32.3 Å². The molecule has 0 radical (unpaired) electrons. The number of hydrogen-bond donors (Lipinski definition) is 2. The van der Waals surface area contributed by atoms with Crippen molar-refractivity contribution in [2.45, 2.75) is 26.7 Å². The number of aliphatic imine (C=N–C) groups is 1. The Kier molecular flexibility index (Phi) is 4.35. The van der Waals surface area contributed by atoms with E-state index in [9.17, 15) is 0 Å². The summed E-state index contributed by atoms with van der Waals surface area (Å²) in [4.78, 5) is 5.02. The van der Waals surface area contributed by atoms with Crippen LogP contribution in [-0.4, -0.2) is 26.1 Å². The van der Waals surface area contributed by atoms with Crippen molar-refractivity contribution >= 4 is 33.2 Å². The van der Waals surface area contributed by atoms with Crippen molar-refractivity contribution in [1.82, 2.24) is 20.4 Å². The quantitative estimate of drug-likeness (QED) is 0.482. The molecule has 4 aromatic rings. The molecule has 0 aliphatic heterocycles. The first-order valence-electron chi connectivity index (χ1n) is 8.89. The van der Waals surface area contributed by atoms with Crippen molar-refractivity contribution in [1.29, 1.82) is 0 Å². The van der Waals surface area contributed by atoms with Gasteiger partial charge >= 0.3 is 0 Å². The van der Waals surface area contributed by atoms with Crippen LogP contribution >= 0.6 is 0 Å². The lowest BCUT2D eigenvalue weighted by Gasteiger charge is -2.11. The highest BCUT2D eigenvalue weighted by Gasteiger charge is 2.11. The molecule has 2 aromatic carbocycles. The molecule has 0 unspecified atom stereocenters. The summed E-state index contributed by atoms with van der Waals surface area (Å²) < 4.78 is 0. The lowest BCUT2D eigenvalue weighted by Crippen LogP contribution is -2.05. The third-order valence-corrected chi connectivity index (χ3v) is 4.55. The molecule has 5 heteroatoms. The number of benzene rings is 2. The largest absolute Gasteiger partial charge is 0.278 e. The molecule has 4 rings (SSSR count). The molecule has 0 bridgehead atoms. The van der Waals surface area contributed by atoms with E-state index in [4.69, 9.17) is 4.99 Å². The van der Waals surface area contributed by atoms with E-state index in [1.807, 2.05) is 24.5 Å². The predicted molar refractivity (Wildman–Crippen MR) is 107 cm³/mol. The summed E-state index contributed by atoms with van der Waals surface area (Å²) in [6.45, 7) is 4.27. The number of nitrogens with one attached hydrogen (secondary N) is 2. The Morgan fingerprint density at radius 3 is 2.38 bits per heavy atom. The second-order valence-corrected chi connectivity index (χ2v) is 6.34. The van der Waals surface area contributed by atoms with E-state index in [2.05, 4.69) is 64.6 Å². The van der Waals surface area contributed by atoms with Crippen LogP contribution in [0.5, 0.6) is 0 Å². The fourth-order valence-electron chi connectivity index (χ4n) is 3.21. The number of rotatable bonds is 5. The molecule has 0 aliphatic rings. The molecule has 26 heavy (non-hydrogen) atoms. The van der Waals surface area contributed by atoms with Crippen molar-refractivity contribution in [3.8, 4) is 0 Å². The fraction of sp³-hybridized carbons (Fsp3) is 0.190. The highest BCUT2D eigenvalue weighted by Crippen LogP contribution is 2.25. The predicted octanol–water partition coefficient (Wildman–Crippen LogP) is 5.31. The van der Waals surface area contributed by atoms with Crippen molar-refractivity contribution in [2.75, 3.05) is 0 Å². The monoisotopic (exact) mass is 343 g/mol. The van der Waals surface area contributed by atoms with Gasteiger partial charge in [-0.05, 0) is 49.2 Å². The average Bonchev–Trinajstić information content (AvgIpc) is 3.32. The van der Waals surface area contributed by atoms with E-state index in [1.54, 1.807) is 0 Å². The normalized spacial score (nSPS) is 13.0. The summed E-state index contributed by atoms with van der Waals surface area (Å²) in [5.74, 6) is 0. The Bertz CT molecular complexity index is 1110. The number of aromatic nitrogens is 4. The summed E-state index contributed by atoms with van der Waals surface area (Å²) in [6, 6.07) is 12.4. The maximum Gasteiger partial charge on any atom is 0.0738 e. The molecule has 0 amide bonds. The van der Waals surface area contributed by atoms with Gasteiger partial charge in [-0.15, -0.1) is 0 Å². The molecule has 0 fully saturated rings. The van der Waals surface area contributed by atoms with Crippen LogP contribution in [0.4, 0.5) is 5.69 Å². The van der Waals surface area contributed by atoms with E-state index in [0.29, 0.717) is 0 Å². The summed E-state index contributed by atoms with van der Waals surface area (Å²) in [6.07, 6.45) is 7.91. The SMILES string of the molecule is C/C=C(\CCC)C(=Nc1ccc2[nH]ncc2c1)c1ccc2[nH]ncc2c1. The van der Waals surface area contributed by atoms with Crippen LogP contribution in [0, 0.1) is 0 Å². The minimum absolute atomic E-state index is 0.927. The summed E-state index contributed by atoms with van der Waals surface area (Å²) in [7, 11) is 0. The van der Waals surface area contributed by atoms with Gasteiger partial charge < -0.3 is 0 Å². The van der Waals surface area contributed by atoms with Crippen molar-refractivity contribution in [3.63, 3.8) is 0 Å². The first kappa shape index (κ1) is 16.3. The lowest BCUT2D eigenvalue weighted by molar-refractivity contribution is 0.933. The van der Waals surface area contributed by atoms with Crippen molar-refractivity contribution in [3.05, 3.63) is 66.0 Å². The fourth-order valence-corrected chi connectivity index (χ4v) is 3.21. The van der Waals surface area contributed by atoms with E-state index in [1.165, 1.54) is 5.57 Å². The van der Waals surface area contributed by atoms with Crippen LogP contribution in [-0.2, 0) is 0 Å². The zero-order chi connectivity index (χ0) is 17.9. The molecule has 2 heterocycles. The smallest absolute Gasteiger partial charge is 0.0738 e. The zero-order valence-electron chi connectivity index (χ0n) is 15.0. The lowest BCUT2D eigenvalue weighted by atomic mass is 9.97. The van der Waals surface area contributed by atoms with E-state index in [-0.39, 0.29) is 0 Å². The molecule has 0 spiro atoms.